The van der Waals surface area contributed by atoms with E-state index >= 15 is 0 Å². The second-order valence-corrected chi connectivity index (χ2v) is 8.63. The molecule has 0 aliphatic carbocycles. The van der Waals surface area contributed by atoms with Gasteiger partial charge in [0.05, 0.1) is 17.7 Å². The summed E-state index contributed by atoms with van der Waals surface area (Å²) < 4.78 is 10.7. The number of hydrogen-bond acceptors (Lipinski definition) is 6. The molecule has 3 aromatic rings. The zero-order valence-electron chi connectivity index (χ0n) is 19.3. The van der Waals surface area contributed by atoms with Gasteiger partial charge in [-0.1, -0.05) is 42.5 Å². The molecule has 0 aromatic heterocycles. The molecule has 0 aliphatic rings. The molecular formula is C27H30N2O4. The van der Waals surface area contributed by atoms with E-state index in [2.05, 4.69) is 49.5 Å². The predicted molar refractivity (Wildman–Crippen MR) is 128 cm³/mol. The standard InChI is InChI=1S/C27H30N2O4/c1-4-32-26(31)22-11-12-23(16-28)25(14-22)33-18-24(30)17-29-27(2,3)15-19-9-10-20-7-5-6-8-21(20)13-19/h5-14,24,29-30H,4,15,17-18H2,1-3H3/t24-/m1/s1. The lowest BCUT2D eigenvalue weighted by Crippen LogP contribution is -2.46. The molecule has 0 bridgehead atoms. The summed E-state index contributed by atoms with van der Waals surface area (Å²) in [5.74, 6) is -0.234. The van der Waals surface area contributed by atoms with E-state index in [1.807, 2.05) is 18.2 Å². The van der Waals surface area contributed by atoms with Gasteiger partial charge >= 0.3 is 5.97 Å². The molecule has 0 aliphatic heterocycles. The molecule has 1 atom stereocenters. The van der Waals surface area contributed by atoms with Gasteiger partial charge < -0.3 is 19.9 Å². The molecule has 0 saturated carbocycles. The number of nitrogens with one attached hydrogen (secondary N) is 1. The Labute approximate surface area is 194 Å². The van der Waals surface area contributed by atoms with Crippen LogP contribution in [0, 0.1) is 11.3 Å². The molecule has 0 saturated heterocycles. The molecule has 6 nitrogen and oxygen atoms in total. The molecule has 0 amide bonds. The van der Waals surface area contributed by atoms with E-state index in [1.165, 1.54) is 34.5 Å². The maximum absolute atomic E-state index is 11.9. The van der Waals surface area contributed by atoms with Crippen LogP contribution in [0.3, 0.4) is 0 Å². The average Bonchev–Trinajstić information content (AvgIpc) is 2.81. The van der Waals surface area contributed by atoms with Crippen LogP contribution in [0.2, 0.25) is 0 Å². The van der Waals surface area contributed by atoms with Crippen LogP contribution in [-0.4, -0.2) is 42.5 Å². The highest BCUT2D eigenvalue weighted by molar-refractivity contribution is 5.90. The minimum atomic E-state index is -0.793. The van der Waals surface area contributed by atoms with Crippen molar-refractivity contribution in [1.29, 1.82) is 5.26 Å². The van der Waals surface area contributed by atoms with Crippen molar-refractivity contribution in [2.24, 2.45) is 0 Å². The number of aliphatic hydroxyl groups is 1. The van der Waals surface area contributed by atoms with Crippen LogP contribution < -0.4 is 10.1 Å². The highest BCUT2D eigenvalue weighted by atomic mass is 16.5. The van der Waals surface area contributed by atoms with Gasteiger partial charge in [0.2, 0.25) is 0 Å². The number of benzene rings is 3. The van der Waals surface area contributed by atoms with Crippen molar-refractivity contribution in [2.75, 3.05) is 19.8 Å². The molecule has 0 fully saturated rings. The van der Waals surface area contributed by atoms with Gasteiger partial charge in [0.25, 0.3) is 0 Å². The number of rotatable bonds is 10. The van der Waals surface area contributed by atoms with Crippen molar-refractivity contribution in [1.82, 2.24) is 5.32 Å². The maximum atomic E-state index is 11.9. The van der Waals surface area contributed by atoms with Gasteiger partial charge in [0.1, 0.15) is 24.5 Å². The van der Waals surface area contributed by atoms with Crippen LogP contribution in [0.15, 0.2) is 60.7 Å². The summed E-state index contributed by atoms with van der Waals surface area (Å²) in [4.78, 5) is 11.9. The number of fused-ring (bicyclic) bond motifs is 1. The lowest BCUT2D eigenvalue weighted by Gasteiger charge is -2.28. The third-order valence-corrected chi connectivity index (χ3v) is 5.32. The summed E-state index contributed by atoms with van der Waals surface area (Å²) in [7, 11) is 0. The minimum Gasteiger partial charge on any atom is -0.489 e. The van der Waals surface area contributed by atoms with Crippen molar-refractivity contribution >= 4 is 16.7 Å². The summed E-state index contributed by atoms with van der Waals surface area (Å²) in [6.07, 6.45) is 0.00430. The summed E-state index contributed by atoms with van der Waals surface area (Å²) in [6, 6.07) is 21.3. The quantitative estimate of drug-likeness (QED) is 0.453. The Bertz CT molecular complexity index is 1150. The van der Waals surface area contributed by atoms with Crippen molar-refractivity contribution < 1.29 is 19.4 Å². The first-order valence-electron chi connectivity index (χ1n) is 11.1. The molecule has 3 aromatic carbocycles. The molecule has 6 heteroatoms. The van der Waals surface area contributed by atoms with E-state index in [-0.39, 0.29) is 24.5 Å². The molecule has 2 N–H and O–H groups in total. The second-order valence-electron chi connectivity index (χ2n) is 8.63. The van der Waals surface area contributed by atoms with E-state index < -0.39 is 12.1 Å². The number of β-amino-alcohol motifs (C(OH)–C–C–N with tert-alkyl or cyclic N) is 1. The Morgan fingerprint density at radius 2 is 1.88 bits per heavy atom. The summed E-state index contributed by atoms with van der Waals surface area (Å²) in [6.45, 7) is 6.47. The topological polar surface area (TPSA) is 91.6 Å². The highest BCUT2D eigenvalue weighted by Gasteiger charge is 2.20. The zero-order valence-corrected chi connectivity index (χ0v) is 19.3. The van der Waals surface area contributed by atoms with Gasteiger partial charge in [0.15, 0.2) is 0 Å². The largest absolute Gasteiger partial charge is 0.489 e. The number of hydrogen-bond donors (Lipinski definition) is 2. The van der Waals surface area contributed by atoms with Gasteiger partial charge in [-0.05, 0) is 61.7 Å². The van der Waals surface area contributed by atoms with E-state index in [0.29, 0.717) is 17.7 Å². The van der Waals surface area contributed by atoms with Crippen LogP contribution in [0.4, 0.5) is 0 Å². The number of nitriles is 1. The SMILES string of the molecule is CCOC(=O)c1ccc(C#N)c(OC[C@H](O)CNC(C)(C)Cc2ccc3ccccc3c2)c1. The molecule has 33 heavy (non-hydrogen) atoms. The Morgan fingerprint density at radius 3 is 2.61 bits per heavy atom. The fourth-order valence-corrected chi connectivity index (χ4v) is 3.64. The lowest BCUT2D eigenvalue weighted by atomic mass is 9.93. The fourth-order valence-electron chi connectivity index (χ4n) is 3.64. The number of ether oxygens (including phenoxy) is 2. The second kappa shape index (κ2) is 11.0. The van der Waals surface area contributed by atoms with Crippen LogP contribution in [0.5, 0.6) is 5.75 Å². The molecule has 172 valence electrons. The van der Waals surface area contributed by atoms with Crippen LogP contribution in [0.1, 0.15) is 42.3 Å². The zero-order chi connectivity index (χ0) is 23.8. The number of nitrogens with zero attached hydrogens (tertiary/aromatic N) is 1. The van der Waals surface area contributed by atoms with Gasteiger partial charge in [0, 0.05) is 12.1 Å². The predicted octanol–water partition coefficient (Wildman–Crippen LogP) is 4.24. The Morgan fingerprint density at radius 1 is 1.12 bits per heavy atom. The lowest BCUT2D eigenvalue weighted by molar-refractivity contribution is 0.0525. The third-order valence-electron chi connectivity index (χ3n) is 5.32. The number of esters is 1. The first-order chi connectivity index (χ1) is 15.8. The minimum absolute atomic E-state index is 0.0139. The van der Waals surface area contributed by atoms with E-state index in [4.69, 9.17) is 9.47 Å². The van der Waals surface area contributed by atoms with E-state index in [1.54, 1.807) is 6.92 Å². The smallest absolute Gasteiger partial charge is 0.338 e. The van der Waals surface area contributed by atoms with Crippen molar-refractivity contribution in [3.63, 3.8) is 0 Å². The van der Waals surface area contributed by atoms with E-state index in [9.17, 15) is 15.2 Å². The van der Waals surface area contributed by atoms with Crippen molar-refractivity contribution in [3.8, 4) is 11.8 Å². The Hall–Kier alpha value is -3.40. The molecular weight excluding hydrogens is 416 g/mol. The maximum Gasteiger partial charge on any atom is 0.338 e. The van der Waals surface area contributed by atoms with Gasteiger partial charge in [-0.3, -0.25) is 0 Å². The fraction of sp³-hybridized carbons (Fsp3) is 0.333. The van der Waals surface area contributed by atoms with Crippen LogP contribution in [0.25, 0.3) is 10.8 Å². The summed E-state index contributed by atoms with van der Waals surface area (Å²) in [5, 5.41) is 25.6. The monoisotopic (exact) mass is 446 g/mol. The van der Waals surface area contributed by atoms with Gasteiger partial charge in [-0.15, -0.1) is 0 Å². The number of carbonyl (C=O) groups is 1. The van der Waals surface area contributed by atoms with Crippen LogP contribution in [-0.2, 0) is 11.2 Å². The average molecular weight is 447 g/mol. The van der Waals surface area contributed by atoms with Gasteiger partial charge in [-0.25, -0.2) is 4.79 Å². The summed E-state index contributed by atoms with van der Waals surface area (Å²) in [5.41, 5.74) is 1.56. The Balaban J connectivity index is 1.56. The van der Waals surface area contributed by atoms with Crippen molar-refractivity contribution in [2.45, 2.75) is 38.8 Å². The summed E-state index contributed by atoms with van der Waals surface area (Å²) >= 11 is 0. The third kappa shape index (κ3) is 6.79. The molecule has 0 heterocycles. The van der Waals surface area contributed by atoms with Gasteiger partial charge in [-0.2, -0.15) is 5.26 Å². The van der Waals surface area contributed by atoms with Crippen molar-refractivity contribution in [3.05, 3.63) is 77.4 Å². The van der Waals surface area contributed by atoms with E-state index in [0.717, 1.165) is 6.42 Å². The number of carbonyl (C=O) groups excluding carboxylic acids is 1. The number of aliphatic hydroxyl groups excluding tert-OH is 1. The molecule has 3 rings (SSSR count). The van der Waals surface area contributed by atoms with Crippen LogP contribution >= 0.6 is 0 Å². The molecule has 0 unspecified atom stereocenters. The highest BCUT2D eigenvalue weighted by Crippen LogP contribution is 2.22. The molecule has 0 radical (unpaired) electrons. The normalized spacial score (nSPS) is 12.2. The first kappa shape index (κ1) is 24.2. The Kier molecular flexibility index (Phi) is 8.05. The molecule has 0 spiro atoms. The first-order valence-corrected chi connectivity index (χ1v) is 11.1.